The number of nitrogens with one attached hydrogen (secondary N) is 3. The van der Waals surface area contributed by atoms with Crippen molar-refractivity contribution in [3.05, 3.63) is 48.6 Å². The fraction of sp³-hybridized carbons (Fsp3) is 0.133. The standard InChI is InChI=1S/C15H15N9O2/c1-16-14(26)12-11(7-20-24(12)2)22-13(25)10-3-4-19-15(23-10)21-9-5-17-8-18-6-9/h3-8H,1-2H3,(H,16,26)(H,22,25)(H,19,21,23). The molecule has 3 N–H and O–H groups in total. The van der Waals surface area contributed by atoms with E-state index < -0.39 is 5.91 Å². The number of nitrogens with zero attached hydrogens (tertiary/aromatic N) is 6. The molecule has 132 valence electrons. The fourth-order valence-corrected chi connectivity index (χ4v) is 2.14. The van der Waals surface area contributed by atoms with Crippen LogP contribution in [0.15, 0.2) is 37.2 Å². The molecule has 0 aliphatic carbocycles. The number of carbonyl (C=O) groups excluding carboxylic acids is 2. The van der Waals surface area contributed by atoms with E-state index in [0.717, 1.165) is 0 Å². The van der Waals surface area contributed by atoms with Crippen molar-refractivity contribution in [2.45, 2.75) is 0 Å². The van der Waals surface area contributed by atoms with Gasteiger partial charge in [-0.25, -0.2) is 19.9 Å². The van der Waals surface area contributed by atoms with Gasteiger partial charge >= 0.3 is 0 Å². The summed E-state index contributed by atoms with van der Waals surface area (Å²) in [5, 5.41) is 12.0. The Balaban J connectivity index is 1.79. The summed E-state index contributed by atoms with van der Waals surface area (Å²) in [4.78, 5) is 40.3. The smallest absolute Gasteiger partial charge is 0.274 e. The van der Waals surface area contributed by atoms with E-state index >= 15 is 0 Å². The number of anilines is 3. The first kappa shape index (κ1) is 17.0. The molecule has 3 aromatic rings. The van der Waals surface area contributed by atoms with E-state index in [1.54, 1.807) is 19.4 Å². The predicted molar refractivity (Wildman–Crippen MR) is 91.9 cm³/mol. The van der Waals surface area contributed by atoms with Gasteiger partial charge in [0.1, 0.15) is 17.7 Å². The molecule has 0 unspecified atom stereocenters. The van der Waals surface area contributed by atoms with Gasteiger partial charge in [-0.15, -0.1) is 0 Å². The van der Waals surface area contributed by atoms with Crippen LogP contribution < -0.4 is 16.0 Å². The van der Waals surface area contributed by atoms with Gasteiger partial charge in [-0.05, 0) is 6.07 Å². The molecule has 0 bridgehead atoms. The molecule has 3 heterocycles. The molecule has 0 saturated heterocycles. The van der Waals surface area contributed by atoms with Crippen molar-refractivity contribution >= 4 is 29.1 Å². The number of amides is 2. The summed E-state index contributed by atoms with van der Waals surface area (Å²) < 4.78 is 1.37. The maximum atomic E-state index is 12.5. The van der Waals surface area contributed by atoms with Crippen LogP contribution in [0.3, 0.4) is 0 Å². The number of carbonyl (C=O) groups is 2. The first-order valence-electron chi connectivity index (χ1n) is 7.49. The largest absolute Gasteiger partial charge is 0.354 e. The quantitative estimate of drug-likeness (QED) is 0.597. The topological polar surface area (TPSA) is 140 Å². The van der Waals surface area contributed by atoms with Gasteiger partial charge in [-0.2, -0.15) is 5.10 Å². The SMILES string of the molecule is CNC(=O)c1c(NC(=O)c2ccnc(Nc3cncnc3)n2)cnn1C. The summed E-state index contributed by atoms with van der Waals surface area (Å²) in [7, 11) is 3.10. The minimum atomic E-state index is -0.502. The highest BCUT2D eigenvalue weighted by Crippen LogP contribution is 2.16. The summed E-state index contributed by atoms with van der Waals surface area (Å²) in [6, 6.07) is 1.46. The second-order valence-corrected chi connectivity index (χ2v) is 5.08. The molecule has 0 aromatic carbocycles. The van der Waals surface area contributed by atoms with Crippen molar-refractivity contribution in [3.63, 3.8) is 0 Å². The number of aryl methyl sites for hydroxylation is 1. The Morgan fingerprint density at radius 1 is 1.12 bits per heavy atom. The molecule has 0 fully saturated rings. The Labute approximate surface area is 147 Å². The van der Waals surface area contributed by atoms with E-state index in [-0.39, 0.29) is 28.9 Å². The molecule has 0 radical (unpaired) electrons. The third-order valence-corrected chi connectivity index (χ3v) is 3.33. The normalized spacial score (nSPS) is 10.2. The molecular formula is C15H15N9O2. The van der Waals surface area contributed by atoms with Gasteiger partial charge in [-0.1, -0.05) is 0 Å². The highest BCUT2D eigenvalue weighted by molar-refractivity contribution is 6.07. The summed E-state index contributed by atoms with van der Waals surface area (Å²) in [6.07, 6.45) is 7.33. The van der Waals surface area contributed by atoms with Crippen LogP contribution in [0.1, 0.15) is 21.0 Å². The van der Waals surface area contributed by atoms with Crippen LogP contribution in [0.5, 0.6) is 0 Å². The second kappa shape index (κ2) is 7.34. The van der Waals surface area contributed by atoms with Crippen molar-refractivity contribution in [2.75, 3.05) is 17.7 Å². The van der Waals surface area contributed by atoms with Gasteiger partial charge in [0.25, 0.3) is 11.8 Å². The molecule has 3 aromatic heterocycles. The van der Waals surface area contributed by atoms with Crippen molar-refractivity contribution < 1.29 is 9.59 Å². The highest BCUT2D eigenvalue weighted by Gasteiger charge is 2.19. The van der Waals surface area contributed by atoms with E-state index in [0.29, 0.717) is 5.69 Å². The van der Waals surface area contributed by atoms with Crippen LogP contribution >= 0.6 is 0 Å². The van der Waals surface area contributed by atoms with Crippen LogP contribution in [0.25, 0.3) is 0 Å². The van der Waals surface area contributed by atoms with Crippen LogP contribution in [0, 0.1) is 0 Å². The minimum absolute atomic E-state index is 0.117. The molecule has 26 heavy (non-hydrogen) atoms. The number of hydrogen-bond donors (Lipinski definition) is 3. The molecule has 0 aliphatic heterocycles. The number of aromatic nitrogens is 6. The molecular weight excluding hydrogens is 338 g/mol. The first-order valence-corrected chi connectivity index (χ1v) is 7.49. The average molecular weight is 353 g/mol. The van der Waals surface area contributed by atoms with Crippen LogP contribution in [0.4, 0.5) is 17.3 Å². The molecule has 2 amide bonds. The Morgan fingerprint density at radius 3 is 2.62 bits per heavy atom. The molecule has 3 rings (SSSR count). The lowest BCUT2D eigenvalue weighted by atomic mass is 10.3. The first-order chi connectivity index (χ1) is 12.6. The summed E-state index contributed by atoms with van der Waals surface area (Å²) in [6.45, 7) is 0. The van der Waals surface area contributed by atoms with Crippen LogP contribution in [-0.2, 0) is 7.05 Å². The van der Waals surface area contributed by atoms with Gasteiger partial charge in [0, 0.05) is 20.3 Å². The molecule has 0 atom stereocenters. The molecule has 11 heteroatoms. The van der Waals surface area contributed by atoms with E-state index in [9.17, 15) is 9.59 Å². The Hall–Kier alpha value is -3.89. The van der Waals surface area contributed by atoms with Gasteiger partial charge in [-0.3, -0.25) is 14.3 Å². The zero-order valence-corrected chi connectivity index (χ0v) is 14.0. The highest BCUT2D eigenvalue weighted by atomic mass is 16.2. The van der Waals surface area contributed by atoms with E-state index in [1.165, 1.54) is 36.5 Å². The number of rotatable bonds is 5. The van der Waals surface area contributed by atoms with Gasteiger partial charge in [0.05, 0.1) is 30.0 Å². The summed E-state index contributed by atoms with van der Waals surface area (Å²) in [5.74, 6) is -0.655. The fourth-order valence-electron chi connectivity index (χ4n) is 2.14. The molecule has 11 nitrogen and oxygen atoms in total. The lowest BCUT2D eigenvalue weighted by Crippen LogP contribution is -2.24. The van der Waals surface area contributed by atoms with E-state index in [2.05, 4.69) is 41.0 Å². The maximum Gasteiger partial charge on any atom is 0.274 e. The number of hydrogen-bond acceptors (Lipinski definition) is 8. The van der Waals surface area contributed by atoms with E-state index in [1.807, 2.05) is 0 Å². The monoisotopic (exact) mass is 353 g/mol. The summed E-state index contributed by atoms with van der Waals surface area (Å²) >= 11 is 0. The van der Waals surface area contributed by atoms with Crippen molar-refractivity contribution in [1.29, 1.82) is 0 Å². The van der Waals surface area contributed by atoms with Gasteiger partial charge in [0.2, 0.25) is 5.95 Å². The summed E-state index contributed by atoms with van der Waals surface area (Å²) in [5.41, 5.74) is 1.21. The van der Waals surface area contributed by atoms with Crippen molar-refractivity contribution in [3.8, 4) is 0 Å². The lowest BCUT2D eigenvalue weighted by molar-refractivity contribution is 0.0954. The van der Waals surface area contributed by atoms with Crippen molar-refractivity contribution in [1.82, 2.24) is 35.0 Å². The third-order valence-electron chi connectivity index (χ3n) is 3.33. The Morgan fingerprint density at radius 2 is 1.88 bits per heavy atom. The van der Waals surface area contributed by atoms with Gasteiger partial charge in [0.15, 0.2) is 0 Å². The van der Waals surface area contributed by atoms with Crippen LogP contribution in [-0.4, -0.2) is 48.6 Å². The molecule has 0 aliphatic rings. The second-order valence-electron chi connectivity index (χ2n) is 5.08. The third kappa shape index (κ3) is 3.61. The van der Waals surface area contributed by atoms with Gasteiger partial charge < -0.3 is 16.0 Å². The molecule has 0 spiro atoms. The minimum Gasteiger partial charge on any atom is -0.354 e. The average Bonchev–Trinajstić information content (AvgIpc) is 3.02. The maximum absolute atomic E-state index is 12.5. The Bertz CT molecular complexity index is 939. The molecule has 0 saturated carbocycles. The van der Waals surface area contributed by atoms with Crippen LogP contribution in [0.2, 0.25) is 0 Å². The van der Waals surface area contributed by atoms with E-state index in [4.69, 9.17) is 0 Å². The predicted octanol–water partition coefficient (Wildman–Crippen LogP) is 0.356. The lowest BCUT2D eigenvalue weighted by Gasteiger charge is -2.08. The van der Waals surface area contributed by atoms with Crippen molar-refractivity contribution in [2.24, 2.45) is 7.05 Å². The zero-order chi connectivity index (χ0) is 18.5. The zero-order valence-electron chi connectivity index (χ0n) is 14.0. The Kier molecular flexibility index (Phi) is 4.78.